The van der Waals surface area contributed by atoms with Crippen molar-refractivity contribution >= 4 is 44.6 Å². The lowest BCUT2D eigenvalue weighted by Crippen LogP contribution is -2.20. The number of hydrogen-bond donors (Lipinski definition) is 1. The summed E-state index contributed by atoms with van der Waals surface area (Å²) in [6.07, 6.45) is 0.675. The minimum Gasteiger partial charge on any atom is -0.483 e. The molecule has 1 N–H and O–H groups in total. The molecule has 3 rings (SSSR count). The van der Waals surface area contributed by atoms with Crippen LogP contribution in [0.1, 0.15) is 10.4 Å². The molecule has 25 heavy (non-hydrogen) atoms. The highest BCUT2D eigenvalue weighted by Crippen LogP contribution is 2.26. The summed E-state index contributed by atoms with van der Waals surface area (Å²) in [5, 5.41) is 11.7. The van der Waals surface area contributed by atoms with Gasteiger partial charge in [0, 0.05) is 10.0 Å². The number of aldehydes is 1. The molecule has 8 heteroatoms. The molecule has 0 aliphatic heterocycles. The normalized spacial score (nSPS) is 10.3. The standard InChI is InChI=1S/C17H12BrN3O3S/c18-13-6-7-14(12(8-13)9-22)24-10-15(23)19-17-21-20-16(25-17)11-4-2-1-3-5-11/h1-9H,10H2,(H,19,21,23). The molecule has 0 fully saturated rings. The highest BCUT2D eigenvalue weighted by atomic mass is 79.9. The summed E-state index contributed by atoms with van der Waals surface area (Å²) in [6.45, 7) is -0.233. The van der Waals surface area contributed by atoms with Gasteiger partial charge in [-0.3, -0.25) is 14.9 Å². The molecule has 0 unspecified atom stereocenters. The summed E-state index contributed by atoms with van der Waals surface area (Å²) in [5.74, 6) is -0.0360. The van der Waals surface area contributed by atoms with E-state index in [-0.39, 0.29) is 12.5 Å². The van der Waals surface area contributed by atoms with Crippen LogP contribution in [0.5, 0.6) is 5.75 Å². The fourth-order valence-electron chi connectivity index (χ4n) is 2.01. The minimum atomic E-state index is -0.379. The van der Waals surface area contributed by atoms with Crippen LogP contribution in [0.3, 0.4) is 0 Å². The van der Waals surface area contributed by atoms with Gasteiger partial charge in [0.2, 0.25) is 5.13 Å². The first-order chi connectivity index (χ1) is 12.2. The fourth-order valence-corrected chi connectivity index (χ4v) is 3.16. The van der Waals surface area contributed by atoms with E-state index in [1.807, 2.05) is 30.3 Å². The molecular weight excluding hydrogens is 406 g/mol. The Morgan fingerprint density at radius 3 is 2.76 bits per heavy atom. The van der Waals surface area contributed by atoms with Gasteiger partial charge in [0.1, 0.15) is 10.8 Å². The minimum absolute atomic E-state index is 0.233. The maximum atomic E-state index is 12.0. The maximum Gasteiger partial charge on any atom is 0.264 e. The molecule has 0 bridgehead atoms. The number of nitrogens with one attached hydrogen (secondary N) is 1. The number of rotatable bonds is 6. The van der Waals surface area contributed by atoms with Crippen molar-refractivity contribution in [2.75, 3.05) is 11.9 Å². The van der Waals surface area contributed by atoms with Crippen LogP contribution in [-0.4, -0.2) is 29.0 Å². The second-order valence-electron chi connectivity index (χ2n) is 4.92. The molecule has 126 valence electrons. The van der Waals surface area contributed by atoms with E-state index in [0.717, 1.165) is 10.0 Å². The van der Waals surface area contributed by atoms with Crippen molar-refractivity contribution in [2.24, 2.45) is 0 Å². The van der Waals surface area contributed by atoms with E-state index in [1.54, 1.807) is 18.2 Å². The van der Waals surface area contributed by atoms with Gasteiger partial charge in [0.05, 0.1) is 5.56 Å². The number of amides is 1. The van der Waals surface area contributed by atoms with E-state index in [1.165, 1.54) is 11.3 Å². The highest BCUT2D eigenvalue weighted by molar-refractivity contribution is 9.10. The molecule has 0 saturated carbocycles. The Bertz CT molecular complexity index is 899. The van der Waals surface area contributed by atoms with Crippen LogP contribution >= 0.6 is 27.3 Å². The van der Waals surface area contributed by atoms with Crippen LogP contribution in [0.25, 0.3) is 10.6 Å². The van der Waals surface area contributed by atoms with Crippen molar-refractivity contribution in [3.8, 4) is 16.3 Å². The quantitative estimate of drug-likeness (QED) is 0.616. The van der Waals surface area contributed by atoms with Gasteiger partial charge in [-0.15, -0.1) is 10.2 Å². The third-order valence-electron chi connectivity index (χ3n) is 3.15. The van der Waals surface area contributed by atoms with E-state index in [4.69, 9.17) is 4.74 Å². The van der Waals surface area contributed by atoms with Gasteiger partial charge in [-0.1, -0.05) is 57.6 Å². The summed E-state index contributed by atoms with van der Waals surface area (Å²) in [4.78, 5) is 23.0. The van der Waals surface area contributed by atoms with E-state index >= 15 is 0 Å². The van der Waals surface area contributed by atoms with E-state index in [9.17, 15) is 9.59 Å². The van der Waals surface area contributed by atoms with Crippen molar-refractivity contribution in [1.29, 1.82) is 0 Å². The zero-order chi connectivity index (χ0) is 17.6. The van der Waals surface area contributed by atoms with Gasteiger partial charge < -0.3 is 4.74 Å². The SMILES string of the molecule is O=Cc1cc(Br)ccc1OCC(=O)Nc1nnc(-c2ccccc2)s1. The van der Waals surface area contributed by atoms with Crippen LogP contribution < -0.4 is 10.1 Å². The Balaban J connectivity index is 1.60. The predicted molar refractivity (Wildman–Crippen MR) is 99.0 cm³/mol. The fraction of sp³-hybridized carbons (Fsp3) is 0.0588. The van der Waals surface area contributed by atoms with Crippen LogP contribution in [0.4, 0.5) is 5.13 Å². The average Bonchev–Trinajstić information content (AvgIpc) is 3.09. The monoisotopic (exact) mass is 417 g/mol. The molecule has 0 aliphatic rings. The Kier molecular flexibility index (Phi) is 5.52. The Labute approximate surface area is 156 Å². The van der Waals surface area contributed by atoms with Gasteiger partial charge in [0.15, 0.2) is 12.9 Å². The molecule has 0 spiro atoms. The summed E-state index contributed by atoms with van der Waals surface area (Å²) < 4.78 is 6.16. The van der Waals surface area contributed by atoms with Crippen molar-refractivity contribution in [3.05, 3.63) is 58.6 Å². The first kappa shape index (κ1) is 17.2. The van der Waals surface area contributed by atoms with E-state index < -0.39 is 0 Å². The molecule has 0 aliphatic carbocycles. The lowest BCUT2D eigenvalue weighted by atomic mass is 10.2. The maximum absolute atomic E-state index is 12.0. The lowest BCUT2D eigenvalue weighted by molar-refractivity contribution is -0.118. The third-order valence-corrected chi connectivity index (χ3v) is 4.53. The van der Waals surface area contributed by atoms with E-state index in [0.29, 0.717) is 27.7 Å². The predicted octanol–water partition coefficient (Wildman–Crippen LogP) is 3.80. The topological polar surface area (TPSA) is 81.2 Å². The number of carbonyl (C=O) groups is 2. The zero-order valence-corrected chi connectivity index (χ0v) is 15.2. The first-order valence-corrected chi connectivity index (χ1v) is 8.83. The summed E-state index contributed by atoms with van der Waals surface area (Å²) >= 11 is 4.55. The third kappa shape index (κ3) is 4.49. The van der Waals surface area contributed by atoms with Crippen molar-refractivity contribution in [2.45, 2.75) is 0 Å². The molecule has 0 atom stereocenters. The molecule has 1 heterocycles. The highest BCUT2D eigenvalue weighted by Gasteiger charge is 2.11. The average molecular weight is 418 g/mol. The van der Waals surface area contributed by atoms with Crippen molar-refractivity contribution in [3.63, 3.8) is 0 Å². The van der Waals surface area contributed by atoms with Crippen LogP contribution in [0.2, 0.25) is 0 Å². The number of hydrogen-bond acceptors (Lipinski definition) is 6. The largest absolute Gasteiger partial charge is 0.483 e. The second kappa shape index (κ2) is 8.00. The first-order valence-electron chi connectivity index (χ1n) is 7.22. The summed E-state index contributed by atoms with van der Waals surface area (Å²) in [6, 6.07) is 14.6. The zero-order valence-electron chi connectivity index (χ0n) is 12.8. The van der Waals surface area contributed by atoms with Crippen molar-refractivity contribution in [1.82, 2.24) is 10.2 Å². The summed E-state index contributed by atoms with van der Waals surface area (Å²) in [5.41, 5.74) is 1.30. The van der Waals surface area contributed by atoms with Gasteiger partial charge in [0.25, 0.3) is 5.91 Å². The summed E-state index contributed by atoms with van der Waals surface area (Å²) in [7, 11) is 0. The molecule has 0 radical (unpaired) electrons. The molecule has 1 aromatic heterocycles. The van der Waals surface area contributed by atoms with Gasteiger partial charge in [-0.2, -0.15) is 0 Å². The molecular formula is C17H12BrN3O3S. The Hall–Kier alpha value is -2.58. The molecule has 3 aromatic rings. The molecule has 1 amide bonds. The smallest absolute Gasteiger partial charge is 0.264 e. The number of anilines is 1. The molecule has 2 aromatic carbocycles. The van der Waals surface area contributed by atoms with Crippen LogP contribution in [0.15, 0.2) is 53.0 Å². The van der Waals surface area contributed by atoms with E-state index in [2.05, 4.69) is 31.4 Å². The number of halogens is 1. The number of ether oxygens (including phenoxy) is 1. The van der Waals surface area contributed by atoms with Gasteiger partial charge in [-0.25, -0.2) is 0 Å². The van der Waals surface area contributed by atoms with Gasteiger partial charge in [-0.05, 0) is 18.2 Å². The number of aromatic nitrogens is 2. The lowest BCUT2D eigenvalue weighted by Gasteiger charge is -2.08. The Morgan fingerprint density at radius 2 is 2.00 bits per heavy atom. The second-order valence-corrected chi connectivity index (χ2v) is 6.81. The van der Waals surface area contributed by atoms with Crippen molar-refractivity contribution < 1.29 is 14.3 Å². The van der Waals surface area contributed by atoms with Crippen LogP contribution in [-0.2, 0) is 4.79 Å². The number of nitrogens with zero attached hydrogens (tertiary/aromatic N) is 2. The molecule has 0 saturated heterocycles. The molecule has 6 nitrogen and oxygen atoms in total. The number of benzene rings is 2. The number of carbonyl (C=O) groups excluding carboxylic acids is 2. The van der Waals surface area contributed by atoms with Crippen LogP contribution in [0, 0.1) is 0 Å². The van der Waals surface area contributed by atoms with Gasteiger partial charge >= 0.3 is 0 Å². The Morgan fingerprint density at radius 1 is 1.20 bits per heavy atom.